The molecule has 9 nitrogen and oxygen atoms in total. The molecule has 0 spiro atoms. The van der Waals surface area contributed by atoms with Gasteiger partial charge < -0.3 is 5.32 Å². The Bertz CT molecular complexity index is 1530. The third-order valence-corrected chi connectivity index (χ3v) is 7.72. The van der Waals surface area contributed by atoms with Gasteiger partial charge in [0.05, 0.1) is 29.0 Å². The highest BCUT2D eigenvalue weighted by atomic mass is 16.2. The van der Waals surface area contributed by atoms with Crippen LogP contribution in [-0.2, 0) is 11.1 Å². The first-order chi connectivity index (χ1) is 17.3. The topological polar surface area (TPSA) is 108 Å². The van der Waals surface area contributed by atoms with Crippen LogP contribution in [0.25, 0.3) is 22.2 Å². The summed E-state index contributed by atoms with van der Waals surface area (Å²) in [5.41, 5.74) is 2.48. The number of carbonyl (C=O) groups excluding carboxylic acids is 1. The summed E-state index contributed by atoms with van der Waals surface area (Å²) >= 11 is 0. The molecule has 1 N–H and O–H groups in total. The first-order valence-corrected chi connectivity index (χ1v) is 12.5. The highest BCUT2D eigenvalue weighted by molar-refractivity contribution is 5.93. The maximum absolute atomic E-state index is 13.2. The van der Waals surface area contributed by atoms with Gasteiger partial charge in [-0.1, -0.05) is 24.3 Å². The number of hydrogen-bond donors (Lipinski definition) is 1. The van der Waals surface area contributed by atoms with Gasteiger partial charge in [0.15, 0.2) is 5.65 Å². The molecule has 0 saturated heterocycles. The van der Waals surface area contributed by atoms with E-state index in [1.807, 2.05) is 38.1 Å². The lowest BCUT2D eigenvalue weighted by atomic mass is 9.78. The molecule has 9 heteroatoms. The number of carbonyl (C=O) groups is 1. The minimum Gasteiger partial charge on any atom is -0.340 e. The molecule has 1 aromatic carbocycles. The molecule has 0 bridgehead atoms. The van der Waals surface area contributed by atoms with Crippen molar-refractivity contribution >= 4 is 16.9 Å². The predicted molar refractivity (Wildman–Crippen MR) is 136 cm³/mol. The van der Waals surface area contributed by atoms with Crippen molar-refractivity contribution in [3.63, 3.8) is 0 Å². The van der Waals surface area contributed by atoms with E-state index in [0.29, 0.717) is 11.2 Å². The van der Waals surface area contributed by atoms with Crippen molar-refractivity contribution in [3.05, 3.63) is 70.9 Å². The lowest BCUT2D eigenvalue weighted by Gasteiger charge is -2.39. The van der Waals surface area contributed by atoms with E-state index in [2.05, 4.69) is 32.3 Å². The average molecular weight is 484 g/mol. The number of amides is 1. The fourth-order valence-corrected chi connectivity index (χ4v) is 5.10. The summed E-state index contributed by atoms with van der Waals surface area (Å²) in [6.07, 6.45) is 11.4. The minimum atomic E-state index is -0.444. The average Bonchev–Trinajstić information content (AvgIpc) is 3.51. The van der Waals surface area contributed by atoms with Crippen molar-refractivity contribution in [2.24, 2.45) is 0 Å². The first-order valence-electron chi connectivity index (χ1n) is 12.5. The van der Waals surface area contributed by atoms with Gasteiger partial charge in [-0.25, -0.2) is 19.6 Å². The van der Waals surface area contributed by atoms with Crippen molar-refractivity contribution in [1.29, 1.82) is 0 Å². The second-order valence-electron chi connectivity index (χ2n) is 10.6. The Morgan fingerprint density at radius 3 is 2.44 bits per heavy atom. The molecule has 0 unspecified atom stereocenters. The Morgan fingerprint density at radius 2 is 1.81 bits per heavy atom. The van der Waals surface area contributed by atoms with Crippen LogP contribution in [0.5, 0.6) is 0 Å². The van der Waals surface area contributed by atoms with E-state index in [1.54, 1.807) is 34.2 Å². The summed E-state index contributed by atoms with van der Waals surface area (Å²) in [4.78, 5) is 39.4. The Labute approximate surface area is 208 Å². The number of aromatic nitrogens is 6. The largest absolute Gasteiger partial charge is 0.340 e. The zero-order valence-electron chi connectivity index (χ0n) is 20.7. The van der Waals surface area contributed by atoms with Crippen LogP contribution in [0.2, 0.25) is 0 Å². The molecular weight excluding hydrogens is 454 g/mol. The maximum Gasteiger partial charge on any atom is 0.289 e. The van der Waals surface area contributed by atoms with Crippen LogP contribution in [0.1, 0.15) is 75.1 Å². The van der Waals surface area contributed by atoms with E-state index in [4.69, 9.17) is 0 Å². The Hall–Kier alpha value is -3.88. The monoisotopic (exact) mass is 483 g/mol. The molecule has 0 aliphatic heterocycles. The van der Waals surface area contributed by atoms with Crippen molar-refractivity contribution < 1.29 is 4.79 Å². The third kappa shape index (κ3) is 3.61. The van der Waals surface area contributed by atoms with Gasteiger partial charge in [-0.05, 0) is 64.0 Å². The van der Waals surface area contributed by atoms with E-state index in [9.17, 15) is 9.59 Å². The van der Waals surface area contributed by atoms with Crippen LogP contribution in [0.15, 0.2) is 54.0 Å². The number of benzene rings is 1. The molecule has 2 aliphatic carbocycles. The van der Waals surface area contributed by atoms with Crippen LogP contribution in [0.4, 0.5) is 0 Å². The van der Waals surface area contributed by atoms with Gasteiger partial charge in [0, 0.05) is 24.0 Å². The van der Waals surface area contributed by atoms with E-state index in [0.717, 1.165) is 48.6 Å². The summed E-state index contributed by atoms with van der Waals surface area (Å²) in [5.74, 6) is -0.174. The molecule has 36 heavy (non-hydrogen) atoms. The number of rotatable bonds is 6. The number of nitrogens with zero attached hydrogens (tertiary/aromatic N) is 6. The van der Waals surface area contributed by atoms with E-state index >= 15 is 0 Å². The van der Waals surface area contributed by atoms with Crippen molar-refractivity contribution in [2.45, 2.75) is 70.0 Å². The first kappa shape index (κ1) is 22.6. The summed E-state index contributed by atoms with van der Waals surface area (Å²) in [7, 11) is 0. The van der Waals surface area contributed by atoms with Crippen LogP contribution in [0.3, 0.4) is 0 Å². The van der Waals surface area contributed by atoms with Gasteiger partial charge in [0.1, 0.15) is 0 Å². The molecule has 2 saturated carbocycles. The third-order valence-electron chi connectivity index (χ3n) is 7.72. The molecule has 184 valence electrons. The molecule has 6 rings (SSSR count). The molecule has 3 aromatic heterocycles. The standard InChI is InChI=1S/C27H29N7O2/c1-17(2)34-23-19(14-30-34)13-29-22(31-23)24(35)32-27(11-12-27)20-7-5-18(6-8-20)21-15-28-16-33(25(21)36)26(3)9-4-10-26/h5-8,13-17H,4,9-12H2,1-3H3,(H,32,35). The lowest BCUT2D eigenvalue weighted by molar-refractivity contribution is 0.0920. The second-order valence-corrected chi connectivity index (χ2v) is 10.6. The van der Waals surface area contributed by atoms with Gasteiger partial charge in [0.25, 0.3) is 11.5 Å². The van der Waals surface area contributed by atoms with Gasteiger partial charge in [-0.3, -0.25) is 14.2 Å². The molecule has 4 aromatic rings. The highest BCUT2D eigenvalue weighted by Gasteiger charge is 2.46. The lowest BCUT2D eigenvalue weighted by Crippen LogP contribution is -2.44. The van der Waals surface area contributed by atoms with Crippen LogP contribution >= 0.6 is 0 Å². The fraction of sp³-hybridized carbons (Fsp3) is 0.407. The molecule has 0 atom stereocenters. The molecule has 2 aliphatic rings. The normalized spacial score (nSPS) is 17.7. The number of hydrogen-bond acceptors (Lipinski definition) is 6. The van der Waals surface area contributed by atoms with Gasteiger partial charge in [0.2, 0.25) is 5.82 Å². The fourth-order valence-electron chi connectivity index (χ4n) is 5.10. The zero-order valence-corrected chi connectivity index (χ0v) is 20.7. The predicted octanol–water partition coefficient (Wildman–Crippen LogP) is 3.95. The van der Waals surface area contributed by atoms with Crippen molar-refractivity contribution in [1.82, 2.24) is 34.6 Å². The van der Waals surface area contributed by atoms with E-state index in [1.165, 1.54) is 0 Å². The summed E-state index contributed by atoms with van der Waals surface area (Å²) < 4.78 is 3.57. The summed E-state index contributed by atoms with van der Waals surface area (Å²) in [6.45, 7) is 6.15. The molecule has 3 heterocycles. The number of nitrogens with one attached hydrogen (secondary N) is 1. The second kappa shape index (κ2) is 8.08. The van der Waals surface area contributed by atoms with Crippen LogP contribution in [0, 0.1) is 0 Å². The van der Waals surface area contributed by atoms with Crippen LogP contribution < -0.4 is 10.9 Å². The smallest absolute Gasteiger partial charge is 0.289 e. The molecule has 2 fully saturated rings. The minimum absolute atomic E-state index is 0.0115. The SMILES string of the molecule is CC(C)n1ncc2cnc(C(=O)NC3(c4ccc(-c5cncn(C6(C)CCC6)c5=O)cc4)CC3)nc21. The quantitative estimate of drug-likeness (QED) is 0.445. The number of fused-ring (bicyclic) bond motifs is 1. The van der Waals surface area contributed by atoms with Crippen LogP contribution in [-0.4, -0.2) is 35.2 Å². The van der Waals surface area contributed by atoms with Crippen molar-refractivity contribution in [3.8, 4) is 11.1 Å². The zero-order chi connectivity index (χ0) is 25.1. The Balaban J connectivity index is 1.24. The maximum atomic E-state index is 13.2. The Kier molecular flexibility index (Phi) is 5.07. The van der Waals surface area contributed by atoms with Gasteiger partial charge in [-0.15, -0.1) is 0 Å². The molecule has 0 radical (unpaired) electrons. The van der Waals surface area contributed by atoms with Crippen molar-refractivity contribution in [2.75, 3.05) is 0 Å². The molecule has 1 amide bonds. The summed E-state index contributed by atoms with van der Waals surface area (Å²) in [5, 5.41) is 8.30. The summed E-state index contributed by atoms with van der Waals surface area (Å²) in [6, 6.07) is 7.99. The van der Waals surface area contributed by atoms with E-state index in [-0.39, 0.29) is 28.9 Å². The highest BCUT2D eigenvalue weighted by Crippen LogP contribution is 2.46. The van der Waals surface area contributed by atoms with E-state index < -0.39 is 5.54 Å². The van der Waals surface area contributed by atoms with Gasteiger partial charge >= 0.3 is 0 Å². The van der Waals surface area contributed by atoms with Gasteiger partial charge in [-0.2, -0.15) is 5.10 Å². The molecular formula is C27H29N7O2. The Morgan fingerprint density at radius 1 is 1.06 bits per heavy atom.